The molecule has 1 aliphatic heterocycles. The summed E-state index contributed by atoms with van der Waals surface area (Å²) in [6.07, 6.45) is 1.83. The van der Waals surface area contributed by atoms with Gasteiger partial charge in [0.1, 0.15) is 0 Å². The van der Waals surface area contributed by atoms with E-state index in [1.807, 2.05) is 18.2 Å². The molecule has 0 saturated carbocycles. The molecule has 0 spiro atoms. The standard InChI is InChI=1S/C21H21NO6/c1-24-16-7-6-12(9-17(16)25-2)8-15-13-10-18(26-3)19(27-4)11-14(13)20(23)21(22-15)28-5/h6-11H,1-5H3/b15-8+. The Labute approximate surface area is 163 Å². The monoisotopic (exact) mass is 383 g/mol. The number of methoxy groups -OCH3 is 5. The van der Waals surface area contributed by atoms with Crippen molar-refractivity contribution in [3.8, 4) is 23.0 Å². The van der Waals surface area contributed by atoms with Gasteiger partial charge in [0.25, 0.3) is 5.90 Å². The Morgan fingerprint density at radius 1 is 0.714 bits per heavy atom. The topological polar surface area (TPSA) is 75.6 Å². The van der Waals surface area contributed by atoms with Gasteiger partial charge in [0.2, 0.25) is 5.78 Å². The Bertz CT molecular complexity index is 977. The van der Waals surface area contributed by atoms with E-state index in [1.165, 1.54) is 21.3 Å². The minimum absolute atomic E-state index is 0.00597. The van der Waals surface area contributed by atoms with E-state index >= 15 is 0 Å². The van der Waals surface area contributed by atoms with Crippen molar-refractivity contribution in [2.24, 2.45) is 4.99 Å². The third-order valence-corrected chi connectivity index (χ3v) is 4.36. The molecule has 1 aliphatic rings. The predicted octanol–water partition coefficient (Wildman–Crippen LogP) is 3.46. The highest BCUT2D eigenvalue weighted by molar-refractivity contribution is 6.46. The van der Waals surface area contributed by atoms with Crippen LogP contribution in [0.1, 0.15) is 21.5 Å². The number of carbonyl (C=O) groups excluding carboxylic acids is 1. The van der Waals surface area contributed by atoms with Crippen LogP contribution in [-0.2, 0) is 4.74 Å². The fraction of sp³-hybridized carbons (Fsp3) is 0.238. The van der Waals surface area contributed by atoms with E-state index < -0.39 is 0 Å². The molecule has 0 fully saturated rings. The molecule has 0 radical (unpaired) electrons. The highest BCUT2D eigenvalue weighted by Gasteiger charge is 2.28. The van der Waals surface area contributed by atoms with Crippen LogP contribution in [0.5, 0.6) is 23.0 Å². The molecule has 0 bridgehead atoms. The van der Waals surface area contributed by atoms with Crippen molar-refractivity contribution in [2.45, 2.75) is 0 Å². The molecule has 3 rings (SSSR count). The number of fused-ring (bicyclic) bond motifs is 1. The molecule has 0 saturated heterocycles. The minimum atomic E-state index is -0.317. The van der Waals surface area contributed by atoms with Crippen LogP contribution in [-0.4, -0.2) is 47.2 Å². The summed E-state index contributed by atoms with van der Waals surface area (Å²) in [5.74, 6) is 1.86. The van der Waals surface area contributed by atoms with Crippen molar-refractivity contribution in [1.82, 2.24) is 0 Å². The number of aliphatic imine (C=N–C) groups is 1. The molecular weight excluding hydrogens is 362 g/mol. The summed E-state index contributed by atoms with van der Waals surface area (Å²) in [4.78, 5) is 17.1. The molecule has 0 unspecified atom stereocenters. The van der Waals surface area contributed by atoms with Gasteiger partial charge in [0.15, 0.2) is 23.0 Å². The van der Waals surface area contributed by atoms with E-state index in [-0.39, 0.29) is 11.7 Å². The number of benzene rings is 2. The number of carbonyl (C=O) groups is 1. The van der Waals surface area contributed by atoms with Crippen LogP contribution in [0.15, 0.2) is 35.3 Å². The molecule has 0 atom stereocenters. The number of Topliss-reactive ketones (excluding diaryl/α,β-unsaturated/α-hetero) is 1. The quantitative estimate of drug-likeness (QED) is 0.787. The first-order chi connectivity index (χ1) is 13.6. The van der Waals surface area contributed by atoms with Crippen LogP contribution in [0.2, 0.25) is 0 Å². The predicted molar refractivity (Wildman–Crippen MR) is 106 cm³/mol. The molecule has 0 N–H and O–H groups in total. The molecule has 2 aromatic rings. The molecule has 7 heteroatoms. The van der Waals surface area contributed by atoms with E-state index in [2.05, 4.69) is 4.99 Å². The second-order valence-electron chi connectivity index (χ2n) is 5.85. The lowest BCUT2D eigenvalue weighted by Gasteiger charge is -2.19. The van der Waals surface area contributed by atoms with E-state index in [4.69, 9.17) is 23.7 Å². The van der Waals surface area contributed by atoms with E-state index in [0.717, 1.165) is 5.56 Å². The Morgan fingerprint density at radius 2 is 1.29 bits per heavy atom. The summed E-state index contributed by atoms with van der Waals surface area (Å²) in [7, 11) is 7.62. The Morgan fingerprint density at radius 3 is 1.86 bits per heavy atom. The molecule has 0 aliphatic carbocycles. The number of rotatable bonds is 5. The zero-order chi connectivity index (χ0) is 20.3. The maximum Gasteiger partial charge on any atom is 0.263 e. The maximum atomic E-state index is 12.7. The molecule has 2 aromatic carbocycles. The van der Waals surface area contributed by atoms with Gasteiger partial charge in [-0.3, -0.25) is 4.79 Å². The van der Waals surface area contributed by atoms with E-state index in [9.17, 15) is 4.79 Å². The van der Waals surface area contributed by atoms with Gasteiger partial charge in [-0.1, -0.05) is 6.07 Å². The zero-order valence-electron chi connectivity index (χ0n) is 16.4. The normalized spacial score (nSPS) is 14.2. The Hall–Kier alpha value is -3.48. The zero-order valence-corrected chi connectivity index (χ0v) is 16.4. The summed E-state index contributed by atoms with van der Waals surface area (Å²) < 4.78 is 26.5. The van der Waals surface area contributed by atoms with Gasteiger partial charge in [-0.15, -0.1) is 0 Å². The van der Waals surface area contributed by atoms with Gasteiger partial charge in [-0.2, -0.15) is 0 Å². The summed E-state index contributed by atoms with van der Waals surface area (Å²) in [5, 5.41) is 0. The number of nitrogens with zero attached hydrogens (tertiary/aromatic N) is 1. The van der Waals surface area contributed by atoms with Crippen LogP contribution < -0.4 is 18.9 Å². The van der Waals surface area contributed by atoms with Crippen molar-refractivity contribution < 1.29 is 28.5 Å². The lowest BCUT2D eigenvalue weighted by atomic mass is 9.96. The molecule has 7 nitrogen and oxygen atoms in total. The number of hydrogen-bond acceptors (Lipinski definition) is 7. The lowest BCUT2D eigenvalue weighted by molar-refractivity contribution is 0.103. The molecule has 0 aromatic heterocycles. The maximum absolute atomic E-state index is 12.7. The molecule has 146 valence electrons. The first-order valence-corrected chi connectivity index (χ1v) is 8.43. The SMILES string of the molecule is COC1=N/C(=C/c2ccc(OC)c(OC)c2)c2cc(OC)c(OC)cc2C1=O. The highest BCUT2D eigenvalue weighted by Crippen LogP contribution is 2.38. The third kappa shape index (κ3) is 3.38. The summed E-state index contributed by atoms with van der Waals surface area (Å²) >= 11 is 0. The number of hydrogen-bond donors (Lipinski definition) is 0. The van der Waals surface area contributed by atoms with Gasteiger partial charge in [-0.05, 0) is 35.9 Å². The van der Waals surface area contributed by atoms with Crippen LogP contribution >= 0.6 is 0 Å². The summed E-state index contributed by atoms with van der Waals surface area (Å²) in [6, 6.07) is 8.86. The molecule has 1 heterocycles. The fourth-order valence-electron chi connectivity index (χ4n) is 2.96. The number of ether oxygens (including phenoxy) is 5. The third-order valence-electron chi connectivity index (χ3n) is 4.36. The van der Waals surface area contributed by atoms with Gasteiger partial charge >= 0.3 is 0 Å². The van der Waals surface area contributed by atoms with Crippen molar-refractivity contribution in [3.63, 3.8) is 0 Å². The van der Waals surface area contributed by atoms with Crippen molar-refractivity contribution in [1.29, 1.82) is 0 Å². The van der Waals surface area contributed by atoms with Gasteiger partial charge in [0, 0.05) is 11.1 Å². The molecule has 28 heavy (non-hydrogen) atoms. The van der Waals surface area contributed by atoms with Gasteiger partial charge in [0.05, 0.1) is 41.2 Å². The van der Waals surface area contributed by atoms with Crippen molar-refractivity contribution in [3.05, 3.63) is 47.0 Å². The largest absolute Gasteiger partial charge is 0.493 e. The molecule has 0 amide bonds. The van der Waals surface area contributed by atoms with Crippen molar-refractivity contribution in [2.75, 3.05) is 35.5 Å². The first-order valence-electron chi connectivity index (χ1n) is 8.43. The fourth-order valence-corrected chi connectivity index (χ4v) is 2.96. The minimum Gasteiger partial charge on any atom is -0.493 e. The van der Waals surface area contributed by atoms with E-state index in [0.29, 0.717) is 39.8 Å². The van der Waals surface area contributed by atoms with Gasteiger partial charge in [-0.25, -0.2) is 4.99 Å². The van der Waals surface area contributed by atoms with Gasteiger partial charge < -0.3 is 23.7 Å². The van der Waals surface area contributed by atoms with Crippen LogP contribution in [0.3, 0.4) is 0 Å². The van der Waals surface area contributed by atoms with Crippen LogP contribution in [0, 0.1) is 0 Å². The second kappa shape index (κ2) is 8.04. The molecular formula is C21H21NO6. The average Bonchev–Trinajstić information content (AvgIpc) is 2.74. The second-order valence-corrected chi connectivity index (χ2v) is 5.85. The lowest BCUT2D eigenvalue weighted by Crippen LogP contribution is -2.22. The smallest absolute Gasteiger partial charge is 0.263 e. The number of ketones is 1. The van der Waals surface area contributed by atoms with Crippen LogP contribution in [0.25, 0.3) is 11.8 Å². The first kappa shape index (κ1) is 19.3. The van der Waals surface area contributed by atoms with Crippen molar-refractivity contribution >= 4 is 23.5 Å². The summed E-state index contributed by atoms with van der Waals surface area (Å²) in [5.41, 5.74) is 2.43. The highest BCUT2D eigenvalue weighted by atomic mass is 16.5. The summed E-state index contributed by atoms with van der Waals surface area (Å²) in [6.45, 7) is 0. The Balaban J connectivity index is 2.19. The van der Waals surface area contributed by atoms with Crippen LogP contribution in [0.4, 0.5) is 0 Å². The Kier molecular flexibility index (Phi) is 5.54. The van der Waals surface area contributed by atoms with E-state index in [1.54, 1.807) is 32.4 Å². The average molecular weight is 383 g/mol.